The maximum Gasteiger partial charge on any atom is 0.227 e. The highest BCUT2D eigenvalue weighted by Gasteiger charge is 2.39. The summed E-state index contributed by atoms with van der Waals surface area (Å²) in [4.78, 5) is 20.2. The van der Waals surface area contributed by atoms with E-state index in [0.717, 1.165) is 82.4 Å². The summed E-state index contributed by atoms with van der Waals surface area (Å²) in [5.74, 6) is 4.54. The molecule has 2 aliphatic carbocycles. The number of nitrogens with one attached hydrogen (secondary N) is 2. The van der Waals surface area contributed by atoms with Crippen molar-refractivity contribution in [2.24, 2.45) is 11.0 Å². The van der Waals surface area contributed by atoms with Gasteiger partial charge in [0.1, 0.15) is 11.6 Å². The van der Waals surface area contributed by atoms with Gasteiger partial charge in [-0.05, 0) is 51.9 Å². The summed E-state index contributed by atoms with van der Waals surface area (Å²) in [5.41, 5.74) is 2.48. The van der Waals surface area contributed by atoms with Crippen molar-refractivity contribution in [2.45, 2.75) is 75.8 Å². The lowest BCUT2D eigenvalue weighted by Crippen LogP contribution is -2.38. The first-order chi connectivity index (χ1) is 17.1. The molecule has 2 saturated carbocycles. The standard InChI is InChI=1S/C26H38N8O/c1-17-21-8-5-19(15-23(21)33(2)32-17)22-16-24(31-26(30-22)34-11-13-35-14-12-34)29-20-6-3-18(4-7-20)25-27-9-10-28-25/h9-10,16,18-21,23H,3-8,11-15H2,1-2H3,(H,27,28)(H,29,30,31). The Morgan fingerprint density at radius 2 is 1.83 bits per heavy atom. The molecule has 0 radical (unpaired) electrons. The summed E-state index contributed by atoms with van der Waals surface area (Å²) in [6.07, 6.45) is 11.8. The number of H-pyrrole nitrogens is 1. The first-order valence-corrected chi connectivity index (χ1v) is 13.4. The van der Waals surface area contributed by atoms with E-state index in [1.807, 2.05) is 12.4 Å². The van der Waals surface area contributed by atoms with E-state index in [1.165, 1.54) is 17.8 Å². The fourth-order valence-corrected chi connectivity index (χ4v) is 6.57. The lowest BCUT2D eigenvalue weighted by molar-refractivity contribution is 0.122. The number of anilines is 2. The van der Waals surface area contributed by atoms with Crippen LogP contribution in [0.25, 0.3) is 0 Å². The third kappa shape index (κ3) is 4.75. The molecule has 3 unspecified atom stereocenters. The van der Waals surface area contributed by atoms with Crippen molar-refractivity contribution in [1.29, 1.82) is 0 Å². The molecular formula is C26H38N8O. The van der Waals surface area contributed by atoms with Gasteiger partial charge in [-0.3, -0.25) is 5.01 Å². The number of aromatic nitrogens is 4. The molecule has 0 bridgehead atoms. The summed E-state index contributed by atoms with van der Waals surface area (Å²) in [6, 6.07) is 3.16. The first kappa shape index (κ1) is 22.8. The van der Waals surface area contributed by atoms with E-state index in [4.69, 9.17) is 19.8 Å². The van der Waals surface area contributed by atoms with Gasteiger partial charge >= 0.3 is 0 Å². The van der Waals surface area contributed by atoms with Crippen LogP contribution in [0.1, 0.15) is 75.2 Å². The highest BCUT2D eigenvalue weighted by atomic mass is 16.5. The predicted octanol–water partition coefficient (Wildman–Crippen LogP) is 3.75. The van der Waals surface area contributed by atoms with Crippen LogP contribution in [0.5, 0.6) is 0 Å². The SMILES string of the molecule is CC1=NN(C)C2CC(c3cc(NC4CCC(c5ncc[nH]5)CC4)nc(N4CCOCC4)n3)CCC12. The molecule has 0 aromatic carbocycles. The minimum Gasteiger partial charge on any atom is -0.378 e. The van der Waals surface area contributed by atoms with Crippen LogP contribution in [0.15, 0.2) is 23.6 Å². The summed E-state index contributed by atoms with van der Waals surface area (Å²) in [5, 5.41) is 10.7. The molecule has 0 spiro atoms. The number of imidazole rings is 1. The second-order valence-corrected chi connectivity index (χ2v) is 10.7. The molecule has 1 saturated heterocycles. The van der Waals surface area contributed by atoms with Crippen molar-refractivity contribution in [2.75, 3.05) is 43.6 Å². The molecule has 0 amide bonds. The van der Waals surface area contributed by atoms with Crippen LogP contribution in [-0.2, 0) is 4.74 Å². The van der Waals surface area contributed by atoms with Gasteiger partial charge in [0.05, 0.1) is 24.9 Å². The number of hydrogen-bond acceptors (Lipinski definition) is 8. The first-order valence-electron chi connectivity index (χ1n) is 13.4. The lowest BCUT2D eigenvalue weighted by Gasteiger charge is -2.35. The molecule has 2 aromatic heterocycles. The second kappa shape index (κ2) is 9.76. The number of hydrazone groups is 1. The maximum absolute atomic E-state index is 5.59. The number of morpholine rings is 1. The largest absolute Gasteiger partial charge is 0.378 e. The Balaban J connectivity index is 1.19. The van der Waals surface area contributed by atoms with Crippen molar-refractivity contribution >= 4 is 17.5 Å². The lowest BCUT2D eigenvalue weighted by atomic mass is 9.76. The van der Waals surface area contributed by atoms with Crippen molar-refractivity contribution in [3.05, 3.63) is 30.0 Å². The topological polar surface area (TPSA) is 94.6 Å². The van der Waals surface area contributed by atoms with Crippen LogP contribution < -0.4 is 10.2 Å². The fourth-order valence-electron chi connectivity index (χ4n) is 6.57. The third-order valence-corrected chi connectivity index (χ3v) is 8.58. The average Bonchev–Trinajstić information content (AvgIpc) is 3.53. The van der Waals surface area contributed by atoms with Crippen LogP contribution >= 0.6 is 0 Å². The van der Waals surface area contributed by atoms with Gasteiger partial charge in [0.2, 0.25) is 5.95 Å². The molecular weight excluding hydrogens is 440 g/mol. The zero-order valence-corrected chi connectivity index (χ0v) is 21.0. The van der Waals surface area contributed by atoms with Crippen molar-refractivity contribution < 1.29 is 4.74 Å². The van der Waals surface area contributed by atoms with E-state index in [9.17, 15) is 0 Å². The highest BCUT2D eigenvalue weighted by molar-refractivity contribution is 5.86. The normalized spacial score (nSPS) is 31.3. The number of fused-ring (bicyclic) bond motifs is 1. The molecule has 35 heavy (non-hydrogen) atoms. The monoisotopic (exact) mass is 478 g/mol. The number of hydrogen-bond donors (Lipinski definition) is 2. The van der Waals surface area contributed by atoms with Crippen LogP contribution in [0.3, 0.4) is 0 Å². The average molecular weight is 479 g/mol. The summed E-state index contributed by atoms with van der Waals surface area (Å²) in [6.45, 7) is 5.36. The molecule has 3 atom stereocenters. The van der Waals surface area contributed by atoms with Crippen molar-refractivity contribution in [3.8, 4) is 0 Å². The molecule has 2 N–H and O–H groups in total. The molecule has 4 aliphatic rings. The molecule has 2 aromatic rings. The summed E-state index contributed by atoms with van der Waals surface area (Å²) in [7, 11) is 2.13. The van der Waals surface area contributed by atoms with Crippen LogP contribution in [0.2, 0.25) is 0 Å². The molecule has 4 heterocycles. The third-order valence-electron chi connectivity index (χ3n) is 8.58. The number of rotatable bonds is 5. The second-order valence-electron chi connectivity index (χ2n) is 10.7. The van der Waals surface area contributed by atoms with Gasteiger partial charge in [-0.2, -0.15) is 10.1 Å². The van der Waals surface area contributed by atoms with Gasteiger partial charge in [-0.15, -0.1) is 0 Å². The molecule has 6 rings (SSSR count). The van der Waals surface area contributed by atoms with E-state index in [-0.39, 0.29) is 0 Å². The van der Waals surface area contributed by atoms with E-state index in [0.29, 0.717) is 29.8 Å². The summed E-state index contributed by atoms with van der Waals surface area (Å²) >= 11 is 0. The fraction of sp³-hybridized carbons (Fsp3) is 0.692. The Morgan fingerprint density at radius 1 is 1.03 bits per heavy atom. The zero-order valence-electron chi connectivity index (χ0n) is 21.0. The van der Waals surface area contributed by atoms with Gasteiger partial charge in [-0.25, -0.2) is 9.97 Å². The van der Waals surface area contributed by atoms with Gasteiger partial charge in [0, 0.05) is 68.1 Å². The van der Waals surface area contributed by atoms with Gasteiger partial charge < -0.3 is 19.9 Å². The predicted molar refractivity (Wildman–Crippen MR) is 137 cm³/mol. The Labute approximate surface area is 207 Å². The zero-order chi connectivity index (χ0) is 23.8. The van der Waals surface area contributed by atoms with Crippen LogP contribution in [-0.4, -0.2) is 76.1 Å². The molecule has 188 valence electrons. The molecule has 3 fully saturated rings. The molecule has 9 nitrogen and oxygen atoms in total. The quantitative estimate of drug-likeness (QED) is 0.676. The van der Waals surface area contributed by atoms with Crippen molar-refractivity contribution in [1.82, 2.24) is 24.9 Å². The van der Waals surface area contributed by atoms with E-state index in [2.05, 4.69) is 45.2 Å². The van der Waals surface area contributed by atoms with Crippen LogP contribution in [0.4, 0.5) is 11.8 Å². The Hall–Kier alpha value is -2.68. The smallest absolute Gasteiger partial charge is 0.227 e. The summed E-state index contributed by atoms with van der Waals surface area (Å²) < 4.78 is 5.59. The highest BCUT2D eigenvalue weighted by Crippen LogP contribution is 2.41. The van der Waals surface area contributed by atoms with Gasteiger partial charge in [0.15, 0.2) is 0 Å². The number of ether oxygens (including phenoxy) is 1. The minimum atomic E-state index is 0.439. The Morgan fingerprint density at radius 3 is 2.60 bits per heavy atom. The molecule has 2 aliphatic heterocycles. The Kier molecular flexibility index (Phi) is 6.35. The minimum absolute atomic E-state index is 0.439. The van der Waals surface area contributed by atoms with Crippen LogP contribution in [0, 0.1) is 5.92 Å². The maximum atomic E-state index is 5.59. The van der Waals surface area contributed by atoms with Crippen molar-refractivity contribution in [3.63, 3.8) is 0 Å². The molecule has 9 heteroatoms. The van der Waals surface area contributed by atoms with Gasteiger partial charge in [-0.1, -0.05) is 0 Å². The number of nitrogens with zero attached hydrogens (tertiary/aromatic N) is 6. The van der Waals surface area contributed by atoms with E-state index >= 15 is 0 Å². The van der Waals surface area contributed by atoms with E-state index < -0.39 is 0 Å². The van der Waals surface area contributed by atoms with E-state index in [1.54, 1.807) is 0 Å². The van der Waals surface area contributed by atoms with Gasteiger partial charge in [0.25, 0.3) is 0 Å². The Bertz CT molecular complexity index is 1030. The number of aromatic amines is 1.